The summed E-state index contributed by atoms with van der Waals surface area (Å²) in [6.07, 6.45) is 2.00. The molecule has 0 aliphatic rings. The van der Waals surface area contributed by atoms with E-state index in [0.717, 1.165) is 13.0 Å². The molecule has 11 heavy (non-hydrogen) atoms. The number of rotatable bonds is 5. The van der Waals surface area contributed by atoms with Crippen LogP contribution in [0.4, 0.5) is 0 Å². The lowest BCUT2D eigenvalue weighted by atomic mass is 10.2. The van der Waals surface area contributed by atoms with E-state index < -0.39 is 0 Å². The van der Waals surface area contributed by atoms with Crippen LogP contribution in [0.1, 0.15) is 26.7 Å². The second kappa shape index (κ2) is 5.49. The molecule has 3 heteroatoms. The standard InChI is InChI=1S/C8H18N2S/c1-4-5-10(3)7(2)6-8(9)11/h7H,4-6H2,1-3H3,(H2,9,11). The topological polar surface area (TPSA) is 29.3 Å². The van der Waals surface area contributed by atoms with Crippen LogP contribution in [0.15, 0.2) is 0 Å². The average molecular weight is 174 g/mol. The van der Waals surface area contributed by atoms with Crippen molar-refractivity contribution in [1.29, 1.82) is 0 Å². The van der Waals surface area contributed by atoms with Crippen LogP contribution >= 0.6 is 12.2 Å². The Labute approximate surface area is 74.8 Å². The van der Waals surface area contributed by atoms with Crippen molar-refractivity contribution in [2.75, 3.05) is 13.6 Å². The van der Waals surface area contributed by atoms with Gasteiger partial charge in [-0.3, -0.25) is 0 Å². The molecular weight excluding hydrogens is 156 g/mol. The van der Waals surface area contributed by atoms with Crippen molar-refractivity contribution in [3.05, 3.63) is 0 Å². The minimum atomic E-state index is 0.479. The molecule has 0 aliphatic heterocycles. The summed E-state index contributed by atoms with van der Waals surface area (Å²) >= 11 is 4.83. The van der Waals surface area contributed by atoms with Crippen LogP contribution in [0.5, 0.6) is 0 Å². The fourth-order valence-electron chi connectivity index (χ4n) is 1.02. The normalized spacial score (nSPS) is 13.5. The number of nitrogens with two attached hydrogens (primary N) is 1. The fraction of sp³-hybridized carbons (Fsp3) is 0.875. The van der Waals surface area contributed by atoms with Crippen LogP contribution in [-0.2, 0) is 0 Å². The minimum Gasteiger partial charge on any atom is -0.393 e. The molecule has 0 aliphatic carbocycles. The molecule has 0 bridgehead atoms. The molecule has 0 saturated carbocycles. The van der Waals surface area contributed by atoms with Crippen LogP contribution in [0.3, 0.4) is 0 Å². The van der Waals surface area contributed by atoms with Crippen molar-refractivity contribution in [3.8, 4) is 0 Å². The van der Waals surface area contributed by atoms with Gasteiger partial charge >= 0.3 is 0 Å². The van der Waals surface area contributed by atoms with Crippen LogP contribution in [0.25, 0.3) is 0 Å². The van der Waals surface area contributed by atoms with Gasteiger partial charge in [0.25, 0.3) is 0 Å². The molecule has 0 aromatic heterocycles. The van der Waals surface area contributed by atoms with Gasteiger partial charge in [0.05, 0.1) is 4.99 Å². The first-order chi connectivity index (χ1) is 5.07. The molecule has 2 nitrogen and oxygen atoms in total. The van der Waals surface area contributed by atoms with E-state index in [0.29, 0.717) is 11.0 Å². The summed E-state index contributed by atoms with van der Waals surface area (Å²) in [5.74, 6) is 0. The summed E-state index contributed by atoms with van der Waals surface area (Å²) in [6.45, 7) is 5.43. The molecule has 2 N–H and O–H groups in total. The molecule has 0 amide bonds. The third kappa shape index (κ3) is 5.16. The number of hydrogen-bond donors (Lipinski definition) is 1. The second-order valence-corrected chi connectivity index (χ2v) is 3.52. The van der Waals surface area contributed by atoms with E-state index >= 15 is 0 Å². The molecule has 0 heterocycles. The van der Waals surface area contributed by atoms with Gasteiger partial charge in [-0.15, -0.1) is 0 Å². The monoisotopic (exact) mass is 174 g/mol. The predicted octanol–water partition coefficient (Wildman–Crippen LogP) is 1.39. The maximum Gasteiger partial charge on any atom is 0.0742 e. The lowest BCUT2D eigenvalue weighted by Crippen LogP contribution is -2.32. The molecule has 0 saturated heterocycles. The summed E-state index contributed by atoms with van der Waals surface area (Å²) in [6, 6.07) is 0.479. The largest absolute Gasteiger partial charge is 0.393 e. The molecule has 0 rings (SSSR count). The number of thiocarbonyl (C=S) groups is 1. The van der Waals surface area contributed by atoms with Gasteiger partial charge in [0.15, 0.2) is 0 Å². The van der Waals surface area contributed by atoms with E-state index in [2.05, 4.69) is 25.8 Å². The van der Waals surface area contributed by atoms with Crippen molar-refractivity contribution in [2.24, 2.45) is 5.73 Å². The highest BCUT2D eigenvalue weighted by Gasteiger charge is 2.08. The fourth-order valence-corrected chi connectivity index (χ4v) is 1.26. The maximum atomic E-state index is 5.43. The lowest BCUT2D eigenvalue weighted by molar-refractivity contribution is 0.264. The third-order valence-corrected chi connectivity index (χ3v) is 1.99. The molecule has 0 aromatic carbocycles. The summed E-state index contributed by atoms with van der Waals surface area (Å²) in [5, 5.41) is 0. The Hall–Kier alpha value is -0.150. The van der Waals surface area contributed by atoms with E-state index in [1.54, 1.807) is 0 Å². The molecular formula is C8H18N2S. The zero-order valence-electron chi connectivity index (χ0n) is 7.63. The summed E-state index contributed by atoms with van der Waals surface area (Å²) < 4.78 is 0. The van der Waals surface area contributed by atoms with Crippen molar-refractivity contribution in [2.45, 2.75) is 32.7 Å². The van der Waals surface area contributed by atoms with Gasteiger partial charge in [-0.2, -0.15) is 0 Å². The van der Waals surface area contributed by atoms with Gasteiger partial charge in [-0.25, -0.2) is 0 Å². The highest BCUT2D eigenvalue weighted by molar-refractivity contribution is 7.80. The average Bonchev–Trinajstić information content (AvgIpc) is 1.86. The SMILES string of the molecule is CCCN(C)C(C)CC(N)=S. The quantitative estimate of drug-likeness (QED) is 0.639. The lowest BCUT2D eigenvalue weighted by Gasteiger charge is -2.23. The highest BCUT2D eigenvalue weighted by Crippen LogP contribution is 2.01. The molecule has 1 atom stereocenters. The van der Waals surface area contributed by atoms with E-state index in [1.807, 2.05) is 0 Å². The molecule has 0 radical (unpaired) electrons. The Morgan fingerprint density at radius 1 is 1.64 bits per heavy atom. The highest BCUT2D eigenvalue weighted by atomic mass is 32.1. The summed E-state index contributed by atoms with van der Waals surface area (Å²) in [4.78, 5) is 2.89. The van der Waals surface area contributed by atoms with Crippen molar-refractivity contribution < 1.29 is 0 Å². The van der Waals surface area contributed by atoms with Gasteiger partial charge in [0.1, 0.15) is 0 Å². The summed E-state index contributed by atoms with van der Waals surface area (Å²) in [5.41, 5.74) is 5.43. The van der Waals surface area contributed by atoms with E-state index in [-0.39, 0.29) is 0 Å². The summed E-state index contributed by atoms with van der Waals surface area (Å²) in [7, 11) is 2.10. The van der Waals surface area contributed by atoms with Gasteiger partial charge < -0.3 is 10.6 Å². The Bertz CT molecular complexity index is 125. The Balaban J connectivity index is 3.63. The molecule has 0 spiro atoms. The zero-order chi connectivity index (χ0) is 8.85. The van der Waals surface area contributed by atoms with Crippen LogP contribution in [0, 0.1) is 0 Å². The molecule has 66 valence electrons. The minimum absolute atomic E-state index is 0.479. The van der Waals surface area contributed by atoms with Crippen molar-refractivity contribution in [3.63, 3.8) is 0 Å². The van der Waals surface area contributed by atoms with Crippen LogP contribution < -0.4 is 5.73 Å². The van der Waals surface area contributed by atoms with Gasteiger partial charge in [0.2, 0.25) is 0 Å². The Kier molecular flexibility index (Phi) is 5.42. The van der Waals surface area contributed by atoms with Crippen LogP contribution in [0.2, 0.25) is 0 Å². The van der Waals surface area contributed by atoms with E-state index in [4.69, 9.17) is 18.0 Å². The predicted molar refractivity (Wildman–Crippen MR) is 53.8 cm³/mol. The van der Waals surface area contributed by atoms with Crippen molar-refractivity contribution in [1.82, 2.24) is 4.90 Å². The van der Waals surface area contributed by atoms with Crippen molar-refractivity contribution >= 4 is 17.2 Å². The Morgan fingerprint density at radius 2 is 2.18 bits per heavy atom. The van der Waals surface area contributed by atoms with Gasteiger partial charge in [0, 0.05) is 12.5 Å². The number of nitrogens with zero attached hydrogens (tertiary/aromatic N) is 1. The first-order valence-corrected chi connectivity index (χ1v) is 4.47. The van der Waals surface area contributed by atoms with E-state index in [1.165, 1.54) is 6.42 Å². The molecule has 1 unspecified atom stereocenters. The smallest absolute Gasteiger partial charge is 0.0742 e. The Morgan fingerprint density at radius 3 is 2.55 bits per heavy atom. The first-order valence-electron chi connectivity index (χ1n) is 4.06. The molecule has 0 fully saturated rings. The molecule has 0 aromatic rings. The van der Waals surface area contributed by atoms with Crippen LogP contribution in [-0.4, -0.2) is 29.5 Å². The first kappa shape index (κ1) is 10.8. The van der Waals surface area contributed by atoms with Gasteiger partial charge in [-0.05, 0) is 26.9 Å². The third-order valence-electron chi connectivity index (χ3n) is 1.83. The van der Waals surface area contributed by atoms with Gasteiger partial charge in [-0.1, -0.05) is 19.1 Å². The zero-order valence-corrected chi connectivity index (χ0v) is 8.45. The second-order valence-electron chi connectivity index (χ2n) is 3.00. The number of hydrogen-bond acceptors (Lipinski definition) is 2. The van der Waals surface area contributed by atoms with E-state index in [9.17, 15) is 0 Å². The maximum absolute atomic E-state index is 5.43.